The van der Waals surface area contributed by atoms with Gasteiger partial charge in [0, 0.05) is 11.1 Å². The summed E-state index contributed by atoms with van der Waals surface area (Å²) in [6.07, 6.45) is 4.46. The van der Waals surface area contributed by atoms with Gasteiger partial charge in [-0.2, -0.15) is 0 Å². The quantitative estimate of drug-likeness (QED) is 0.871. The van der Waals surface area contributed by atoms with Crippen LogP contribution in [0.4, 0.5) is 0 Å². The van der Waals surface area contributed by atoms with Crippen LogP contribution in [0.15, 0.2) is 24.3 Å². The van der Waals surface area contributed by atoms with Crippen molar-refractivity contribution in [2.45, 2.75) is 31.7 Å². The molecule has 0 saturated heterocycles. The van der Waals surface area contributed by atoms with Gasteiger partial charge in [0.15, 0.2) is 6.61 Å². The highest BCUT2D eigenvalue weighted by atomic mass is 35.5. The van der Waals surface area contributed by atoms with Gasteiger partial charge in [-0.05, 0) is 49.6 Å². The number of ether oxygens (including phenoxy) is 1. The van der Waals surface area contributed by atoms with Crippen molar-refractivity contribution in [2.75, 3.05) is 13.2 Å². The zero-order valence-electron chi connectivity index (χ0n) is 11.9. The number of carbonyl (C=O) groups is 1. The topological polar surface area (TPSA) is 64.3 Å². The Balaban J connectivity index is 0.00000220. The Hall–Kier alpha value is -0.970. The molecule has 2 atom stereocenters. The van der Waals surface area contributed by atoms with Gasteiger partial charge in [0.1, 0.15) is 5.75 Å². The molecule has 21 heavy (non-hydrogen) atoms. The third-order valence-corrected chi connectivity index (χ3v) is 3.99. The molecule has 0 aliphatic heterocycles. The first kappa shape index (κ1) is 18.1. The van der Waals surface area contributed by atoms with Crippen LogP contribution < -0.4 is 15.8 Å². The highest BCUT2D eigenvalue weighted by Crippen LogP contribution is 2.23. The molecule has 0 heterocycles. The van der Waals surface area contributed by atoms with Crippen molar-refractivity contribution in [3.63, 3.8) is 0 Å². The largest absolute Gasteiger partial charge is 0.484 e. The van der Waals surface area contributed by atoms with Crippen LogP contribution in [0, 0.1) is 5.92 Å². The normalized spacial score (nSPS) is 21.2. The van der Waals surface area contributed by atoms with E-state index in [0.717, 1.165) is 19.3 Å². The van der Waals surface area contributed by atoms with Crippen LogP contribution in [0.25, 0.3) is 0 Å². The van der Waals surface area contributed by atoms with Crippen LogP contribution in [-0.4, -0.2) is 25.1 Å². The maximum absolute atomic E-state index is 11.9. The predicted octanol–water partition coefficient (Wildman–Crippen LogP) is 2.77. The molecule has 0 spiro atoms. The van der Waals surface area contributed by atoms with Crippen molar-refractivity contribution >= 4 is 29.9 Å². The fourth-order valence-corrected chi connectivity index (χ4v) is 2.73. The molecule has 1 aliphatic rings. The number of benzene rings is 1. The van der Waals surface area contributed by atoms with Crippen LogP contribution in [0.2, 0.25) is 5.02 Å². The molecule has 0 bridgehead atoms. The molecule has 1 amide bonds. The van der Waals surface area contributed by atoms with Crippen molar-refractivity contribution in [3.05, 3.63) is 29.3 Å². The van der Waals surface area contributed by atoms with Crippen LogP contribution in [0.5, 0.6) is 5.75 Å². The lowest BCUT2D eigenvalue weighted by molar-refractivity contribution is -0.124. The second kappa shape index (κ2) is 9.13. The number of nitrogens with two attached hydrogens (primary N) is 1. The number of hydrogen-bond donors (Lipinski definition) is 2. The van der Waals surface area contributed by atoms with Gasteiger partial charge in [-0.25, -0.2) is 0 Å². The van der Waals surface area contributed by atoms with Gasteiger partial charge in [-0.15, -0.1) is 12.4 Å². The first-order chi connectivity index (χ1) is 9.69. The molecular formula is C15H22Cl2N2O2. The summed E-state index contributed by atoms with van der Waals surface area (Å²) < 4.78 is 5.43. The minimum atomic E-state index is -0.0923. The molecule has 1 aliphatic carbocycles. The Kier molecular flexibility index (Phi) is 7.86. The molecule has 3 N–H and O–H groups in total. The van der Waals surface area contributed by atoms with Gasteiger partial charge in [0.2, 0.25) is 0 Å². The number of halogens is 2. The van der Waals surface area contributed by atoms with Crippen molar-refractivity contribution in [3.8, 4) is 5.75 Å². The van der Waals surface area contributed by atoms with E-state index in [1.54, 1.807) is 24.3 Å². The Bertz CT molecular complexity index is 440. The SMILES string of the molecule is Cl.NCC1CCCCC1NC(=O)COc1ccc(Cl)cc1. The average Bonchev–Trinajstić information content (AvgIpc) is 2.47. The van der Waals surface area contributed by atoms with Crippen LogP contribution in [-0.2, 0) is 4.79 Å². The van der Waals surface area contributed by atoms with Gasteiger partial charge in [-0.3, -0.25) is 4.79 Å². The molecule has 2 rings (SSSR count). The summed E-state index contributed by atoms with van der Waals surface area (Å²) in [5.41, 5.74) is 5.75. The number of hydrogen-bond acceptors (Lipinski definition) is 3. The fourth-order valence-electron chi connectivity index (χ4n) is 2.61. The predicted molar refractivity (Wildman–Crippen MR) is 87.1 cm³/mol. The summed E-state index contributed by atoms with van der Waals surface area (Å²) in [5.74, 6) is 0.942. The summed E-state index contributed by atoms with van der Waals surface area (Å²) >= 11 is 5.79. The molecule has 4 nitrogen and oxygen atoms in total. The highest BCUT2D eigenvalue weighted by Gasteiger charge is 2.25. The van der Waals surface area contributed by atoms with Gasteiger partial charge in [-0.1, -0.05) is 24.4 Å². The maximum Gasteiger partial charge on any atom is 0.258 e. The third kappa shape index (κ3) is 5.73. The molecule has 6 heteroatoms. The van der Waals surface area contributed by atoms with E-state index in [1.807, 2.05) is 0 Å². The summed E-state index contributed by atoms with van der Waals surface area (Å²) in [6.45, 7) is 0.651. The Morgan fingerprint density at radius 3 is 2.62 bits per heavy atom. The van der Waals surface area contributed by atoms with E-state index in [-0.39, 0.29) is 31.0 Å². The van der Waals surface area contributed by atoms with Crippen LogP contribution >= 0.6 is 24.0 Å². The van der Waals surface area contributed by atoms with Gasteiger partial charge in [0.25, 0.3) is 5.91 Å². The first-order valence-corrected chi connectivity index (χ1v) is 7.44. The standard InChI is InChI=1S/C15H21ClN2O2.ClH/c16-12-5-7-13(8-6-12)20-10-15(19)18-14-4-2-1-3-11(14)9-17;/h5-8,11,14H,1-4,9-10,17H2,(H,18,19);1H. The van der Waals surface area contributed by atoms with E-state index >= 15 is 0 Å². The lowest BCUT2D eigenvalue weighted by Gasteiger charge is -2.31. The highest BCUT2D eigenvalue weighted by molar-refractivity contribution is 6.30. The van der Waals surface area contributed by atoms with Crippen molar-refractivity contribution < 1.29 is 9.53 Å². The number of rotatable bonds is 5. The molecule has 0 aromatic heterocycles. The van der Waals surface area contributed by atoms with Crippen molar-refractivity contribution in [1.29, 1.82) is 0 Å². The number of amides is 1. The molecule has 0 radical (unpaired) electrons. The monoisotopic (exact) mass is 332 g/mol. The van der Waals surface area contributed by atoms with Crippen molar-refractivity contribution in [2.24, 2.45) is 11.7 Å². The molecule has 1 fully saturated rings. The van der Waals surface area contributed by atoms with Gasteiger partial charge < -0.3 is 15.8 Å². The smallest absolute Gasteiger partial charge is 0.258 e. The Morgan fingerprint density at radius 2 is 1.95 bits per heavy atom. The minimum absolute atomic E-state index is 0. The molecule has 1 aromatic rings. The van der Waals surface area contributed by atoms with Gasteiger partial charge >= 0.3 is 0 Å². The molecular weight excluding hydrogens is 311 g/mol. The van der Waals surface area contributed by atoms with E-state index < -0.39 is 0 Å². The zero-order valence-corrected chi connectivity index (χ0v) is 13.5. The second-order valence-electron chi connectivity index (χ2n) is 5.20. The van der Waals surface area contributed by atoms with E-state index in [1.165, 1.54) is 6.42 Å². The maximum atomic E-state index is 11.9. The summed E-state index contributed by atoms with van der Waals surface area (Å²) in [4.78, 5) is 11.9. The van der Waals surface area contributed by atoms with E-state index in [4.69, 9.17) is 22.1 Å². The second-order valence-corrected chi connectivity index (χ2v) is 5.63. The third-order valence-electron chi connectivity index (χ3n) is 3.74. The zero-order chi connectivity index (χ0) is 14.4. The molecule has 2 unspecified atom stereocenters. The first-order valence-electron chi connectivity index (χ1n) is 7.07. The van der Waals surface area contributed by atoms with Crippen LogP contribution in [0.3, 0.4) is 0 Å². The molecule has 118 valence electrons. The fraction of sp³-hybridized carbons (Fsp3) is 0.533. The summed E-state index contributed by atoms with van der Waals surface area (Å²) in [7, 11) is 0. The number of carbonyl (C=O) groups excluding carboxylic acids is 1. The molecule has 1 saturated carbocycles. The van der Waals surface area contributed by atoms with Crippen LogP contribution in [0.1, 0.15) is 25.7 Å². The average molecular weight is 333 g/mol. The van der Waals surface area contributed by atoms with E-state index in [0.29, 0.717) is 23.2 Å². The lowest BCUT2D eigenvalue weighted by Crippen LogP contribution is -2.46. The number of nitrogens with one attached hydrogen (secondary N) is 1. The lowest BCUT2D eigenvalue weighted by atomic mass is 9.84. The minimum Gasteiger partial charge on any atom is -0.484 e. The summed E-state index contributed by atoms with van der Waals surface area (Å²) in [5, 5.41) is 3.68. The Labute approximate surface area is 136 Å². The van der Waals surface area contributed by atoms with E-state index in [9.17, 15) is 4.79 Å². The van der Waals surface area contributed by atoms with E-state index in [2.05, 4.69) is 5.32 Å². The molecule has 1 aromatic carbocycles. The summed E-state index contributed by atoms with van der Waals surface area (Å²) in [6, 6.07) is 7.16. The van der Waals surface area contributed by atoms with Crippen molar-refractivity contribution in [1.82, 2.24) is 5.32 Å². The Morgan fingerprint density at radius 1 is 1.29 bits per heavy atom. The van der Waals surface area contributed by atoms with Gasteiger partial charge in [0.05, 0.1) is 0 Å².